The van der Waals surface area contributed by atoms with E-state index in [1.165, 1.54) is 0 Å². The molecule has 0 bridgehead atoms. The Bertz CT molecular complexity index is 550. The molecule has 1 aliphatic carbocycles. The van der Waals surface area contributed by atoms with Crippen LogP contribution >= 0.6 is 0 Å². The van der Waals surface area contributed by atoms with Crippen molar-refractivity contribution in [3.8, 4) is 11.8 Å². The molecule has 1 aromatic carbocycles. The van der Waals surface area contributed by atoms with Crippen molar-refractivity contribution in [3.05, 3.63) is 48.6 Å². The molecule has 0 heterocycles. The molecule has 0 aromatic heterocycles. The van der Waals surface area contributed by atoms with E-state index in [1.54, 1.807) is 6.08 Å². The summed E-state index contributed by atoms with van der Waals surface area (Å²) in [7, 11) is 0. The number of carbonyl (C=O) groups excluding carboxylic acids is 1. The van der Waals surface area contributed by atoms with Gasteiger partial charge in [-0.15, -0.1) is 6.58 Å². The molecule has 0 spiro atoms. The van der Waals surface area contributed by atoms with E-state index in [-0.39, 0.29) is 17.6 Å². The lowest BCUT2D eigenvalue weighted by molar-refractivity contribution is -0.130. The van der Waals surface area contributed by atoms with E-state index in [1.807, 2.05) is 37.3 Å². The summed E-state index contributed by atoms with van der Waals surface area (Å²) in [4.78, 5) is 11.8. The van der Waals surface area contributed by atoms with Gasteiger partial charge in [0.15, 0.2) is 0 Å². The second-order valence-electron chi connectivity index (χ2n) is 5.34. The molecule has 0 unspecified atom stereocenters. The molecule has 3 atom stereocenters. The molecule has 0 saturated heterocycles. The van der Waals surface area contributed by atoms with Gasteiger partial charge in [-0.25, -0.2) is 0 Å². The van der Waals surface area contributed by atoms with E-state index in [9.17, 15) is 9.90 Å². The van der Waals surface area contributed by atoms with Gasteiger partial charge in [-0.3, -0.25) is 4.79 Å². The normalized spacial score (nSPS) is 29.4. The predicted octanol–water partition coefficient (Wildman–Crippen LogP) is 2.96. The number of hydrogen-bond donors (Lipinski definition) is 1. The first kappa shape index (κ1) is 14.6. The van der Waals surface area contributed by atoms with Crippen molar-refractivity contribution in [2.45, 2.75) is 31.8 Å². The fraction of sp³-hybridized carbons (Fsp3) is 0.389. The number of rotatable bonds is 2. The van der Waals surface area contributed by atoms with Gasteiger partial charge in [-0.05, 0) is 18.6 Å². The number of ketones is 1. The Hall–Kier alpha value is -1.85. The summed E-state index contributed by atoms with van der Waals surface area (Å²) in [6, 6.07) is 9.59. The lowest BCUT2D eigenvalue weighted by Gasteiger charge is -2.40. The molecule has 2 heteroatoms. The Kier molecular flexibility index (Phi) is 4.42. The highest BCUT2D eigenvalue weighted by Gasteiger charge is 2.45. The van der Waals surface area contributed by atoms with Gasteiger partial charge in [-0.1, -0.05) is 43.0 Å². The van der Waals surface area contributed by atoms with Gasteiger partial charge in [0.2, 0.25) is 0 Å². The standard InChI is InChI=1S/C18H20O2/c1-3-15-12-17(19)13-16(4-2)18(15,20)11-10-14-8-6-5-7-9-14/h3,5-9,15-16,20H,1,4,12-13H2,2H3/t15-,16+,18-/m0/s1. The molecule has 1 saturated carbocycles. The van der Waals surface area contributed by atoms with E-state index in [0.29, 0.717) is 12.8 Å². The topological polar surface area (TPSA) is 37.3 Å². The summed E-state index contributed by atoms with van der Waals surface area (Å²) in [5, 5.41) is 11.0. The van der Waals surface area contributed by atoms with Crippen LogP contribution in [-0.2, 0) is 4.79 Å². The first-order chi connectivity index (χ1) is 9.60. The molecule has 2 nitrogen and oxygen atoms in total. The average molecular weight is 268 g/mol. The summed E-state index contributed by atoms with van der Waals surface area (Å²) in [5.41, 5.74) is -0.282. The molecule has 1 fully saturated rings. The molecular weight excluding hydrogens is 248 g/mol. The smallest absolute Gasteiger partial charge is 0.135 e. The monoisotopic (exact) mass is 268 g/mol. The van der Waals surface area contributed by atoms with Gasteiger partial charge in [0.1, 0.15) is 11.4 Å². The lowest BCUT2D eigenvalue weighted by atomic mass is 9.67. The highest BCUT2D eigenvalue weighted by molar-refractivity contribution is 5.81. The molecule has 2 rings (SSSR count). The fourth-order valence-corrected chi connectivity index (χ4v) is 2.82. The van der Waals surface area contributed by atoms with Crippen LogP contribution in [0.25, 0.3) is 0 Å². The van der Waals surface area contributed by atoms with Crippen LogP contribution in [0.3, 0.4) is 0 Å². The number of benzene rings is 1. The van der Waals surface area contributed by atoms with Crippen LogP contribution in [0.5, 0.6) is 0 Å². The minimum Gasteiger partial charge on any atom is -0.377 e. The summed E-state index contributed by atoms with van der Waals surface area (Å²) in [6.07, 6.45) is 3.14. The largest absolute Gasteiger partial charge is 0.377 e. The van der Waals surface area contributed by atoms with E-state index in [4.69, 9.17) is 0 Å². The summed E-state index contributed by atoms with van der Waals surface area (Å²) in [5.74, 6) is 5.84. The fourth-order valence-electron chi connectivity index (χ4n) is 2.82. The quantitative estimate of drug-likeness (QED) is 0.661. The maximum absolute atomic E-state index is 11.8. The maximum atomic E-state index is 11.8. The van der Waals surface area contributed by atoms with Crippen LogP contribution in [-0.4, -0.2) is 16.5 Å². The highest BCUT2D eigenvalue weighted by atomic mass is 16.3. The zero-order valence-electron chi connectivity index (χ0n) is 11.8. The van der Waals surface area contributed by atoms with E-state index >= 15 is 0 Å². The number of carbonyl (C=O) groups is 1. The molecule has 1 aromatic rings. The Morgan fingerprint density at radius 1 is 1.40 bits per heavy atom. The van der Waals surface area contributed by atoms with Crippen molar-refractivity contribution in [1.29, 1.82) is 0 Å². The molecule has 20 heavy (non-hydrogen) atoms. The van der Waals surface area contributed by atoms with Crippen LogP contribution in [0.2, 0.25) is 0 Å². The van der Waals surface area contributed by atoms with Gasteiger partial charge in [0, 0.05) is 30.2 Å². The maximum Gasteiger partial charge on any atom is 0.135 e. The number of Topliss-reactive ketones (excluding diaryl/α,β-unsaturated/α-hetero) is 1. The van der Waals surface area contributed by atoms with Gasteiger partial charge >= 0.3 is 0 Å². The number of hydrogen-bond acceptors (Lipinski definition) is 2. The van der Waals surface area contributed by atoms with Gasteiger partial charge in [0.05, 0.1) is 0 Å². The van der Waals surface area contributed by atoms with Gasteiger partial charge in [0.25, 0.3) is 0 Å². The molecule has 104 valence electrons. The van der Waals surface area contributed by atoms with Crippen molar-refractivity contribution in [1.82, 2.24) is 0 Å². The SMILES string of the molecule is C=C[C@H]1CC(=O)C[C@@H](CC)[C@]1(O)C#Cc1ccccc1. The van der Waals surface area contributed by atoms with Crippen molar-refractivity contribution in [3.63, 3.8) is 0 Å². The Labute approximate surface area is 120 Å². The third-order valence-corrected chi connectivity index (χ3v) is 4.07. The minimum absolute atomic E-state index is 0.122. The Morgan fingerprint density at radius 3 is 2.70 bits per heavy atom. The van der Waals surface area contributed by atoms with Crippen LogP contribution in [0.4, 0.5) is 0 Å². The van der Waals surface area contributed by atoms with E-state index in [0.717, 1.165) is 12.0 Å². The molecular formula is C18H20O2. The van der Waals surface area contributed by atoms with Crippen molar-refractivity contribution in [2.24, 2.45) is 11.8 Å². The first-order valence-corrected chi connectivity index (χ1v) is 7.05. The Balaban J connectivity index is 2.35. The van der Waals surface area contributed by atoms with Crippen LogP contribution in [0, 0.1) is 23.7 Å². The van der Waals surface area contributed by atoms with Crippen molar-refractivity contribution < 1.29 is 9.90 Å². The molecule has 1 aliphatic rings. The third-order valence-electron chi connectivity index (χ3n) is 4.07. The second-order valence-corrected chi connectivity index (χ2v) is 5.34. The zero-order valence-corrected chi connectivity index (χ0v) is 11.8. The second kappa shape index (κ2) is 6.07. The summed E-state index contributed by atoms with van der Waals surface area (Å²) < 4.78 is 0. The van der Waals surface area contributed by atoms with Crippen molar-refractivity contribution >= 4 is 5.78 Å². The van der Waals surface area contributed by atoms with E-state index in [2.05, 4.69) is 18.4 Å². The summed E-state index contributed by atoms with van der Waals surface area (Å²) in [6.45, 7) is 5.74. The zero-order chi connectivity index (χ0) is 14.6. The van der Waals surface area contributed by atoms with Crippen LogP contribution in [0.1, 0.15) is 31.7 Å². The van der Waals surface area contributed by atoms with Crippen LogP contribution < -0.4 is 0 Å². The highest BCUT2D eigenvalue weighted by Crippen LogP contribution is 2.39. The molecule has 0 radical (unpaired) electrons. The van der Waals surface area contributed by atoms with Crippen molar-refractivity contribution in [2.75, 3.05) is 0 Å². The van der Waals surface area contributed by atoms with Gasteiger partial charge < -0.3 is 5.11 Å². The predicted molar refractivity (Wildman–Crippen MR) is 80.0 cm³/mol. The summed E-state index contributed by atoms with van der Waals surface area (Å²) >= 11 is 0. The molecule has 0 amide bonds. The van der Waals surface area contributed by atoms with Gasteiger partial charge in [-0.2, -0.15) is 0 Å². The Morgan fingerprint density at radius 2 is 2.10 bits per heavy atom. The third kappa shape index (κ3) is 2.84. The average Bonchev–Trinajstić information content (AvgIpc) is 2.48. The molecule has 1 N–H and O–H groups in total. The number of aliphatic hydroxyl groups is 1. The van der Waals surface area contributed by atoms with E-state index < -0.39 is 5.60 Å². The first-order valence-electron chi connectivity index (χ1n) is 7.05. The lowest BCUT2D eigenvalue weighted by Crippen LogP contribution is -2.48. The minimum atomic E-state index is -1.15. The van der Waals surface area contributed by atoms with Crippen LogP contribution in [0.15, 0.2) is 43.0 Å². The molecule has 0 aliphatic heterocycles.